The number of aliphatic hydroxyl groups is 2. The molecule has 44 heteroatoms. The van der Waals surface area contributed by atoms with Gasteiger partial charge in [-0.1, -0.05) is 0 Å². The lowest BCUT2D eigenvalue weighted by atomic mass is 9.71. The molecule has 27 nitrogen and oxygen atoms in total. The lowest BCUT2D eigenvalue weighted by molar-refractivity contribution is -0.182. The van der Waals surface area contributed by atoms with Crippen LogP contribution in [0.1, 0.15) is 94.4 Å². The van der Waals surface area contributed by atoms with Crippen LogP contribution in [0.2, 0.25) is 0 Å². The third-order valence-electron chi connectivity index (χ3n) is 24.6. The first-order chi connectivity index (χ1) is 60.5. The molecule has 0 aliphatic carbocycles. The normalized spacial score (nSPS) is 22.6. The second-order valence-electron chi connectivity index (χ2n) is 33.8. The van der Waals surface area contributed by atoms with Gasteiger partial charge in [-0.15, -0.1) is 0 Å². The summed E-state index contributed by atoms with van der Waals surface area (Å²) in [5.41, 5.74) is 0.791. The molecule has 12 heterocycles. The minimum absolute atomic E-state index is 0.0608. The van der Waals surface area contributed by atoms with Gasteiger partial charge in [-0.25, -0.2) is 4.79 Å². The van der Waals surface area contributed by atoms with Gasteiger partial charge in [0.1, 0.15) is 74.0 Å². The summed E-state index contributed by atoms with van der Waals surface area (Å²) in [5.74, 6) is -10.1. The van der Waals surface area contributed by atoms with E-state index in [1.807, 2.05) is 37.8 Å². The Hall–Kier alpha value is -10.0. The van der Waals surface area contributed by atoms with Crippen molar-refractivity contribution >= 4 is 93.3 Å². The maximum Gasteiger partial charge on any atom is 0.523 e. The fourth-order valence-corrected chi connectivity index (χ4v) is 18.5. The molecule has 1 amide bonds. The Kier molecular flexibility index (Phi) is 31.9. The van der Waals surface area contributed by atoms with Crippen molar-refractivity contribution < 1.29 is 98.2 Å². The standard InChI is InChI=1S/C24H29F3N6.C16H12F6N4O3S.C15H13F3N4O.C14H26N2O2.C9H4BrN3.C6H10F3NO/c25-24(26,27)19-16-33(20-2-1-17(13-28)21-22(20)31-10-9-30-21)15-18(19)14-32-11-5-23(6-12-32)3-7-29-8-4-23;17-15(18,19)11-7-26(6-10(11)8-29-30(27,28)16(20,21)22)12-2-1-9(5-23)13-14(12)25-4-3-24-13;16-15(17,18)11-7-22(6-10(11)8-23)12-2-1-9(5-19)13-14(12)21-4-3-20-13;1-13(2,3)18-12(17)16-10-6-14(7-11-16)4-8-15-9-5-14;10-7-2-1-6(5-11)8-9(7)13-4-3-12-8;7-6(8,9)5-2-10-1-4(5)3-11/h1-2,9-10,18-19,29H,3-8,11-12,14-16H2;1-4,10-11H,6-8H2;1-4,10-11,23H,6-8H2;15H,4-11H2,1-3H3;1-4H;4-5,10-11H,1-3H2/t18-,19-;2*10-,11+;;;4-,5+/m011..1/s1. The molecule has 690 valence electrons. The number of carbonyl (C=O) groups excluding carboxylic acids is 1. The van der Waals surface area contributed by atoms with Crippen molar-refractivity contribution in [2.75, 3.05) is 146 Å². The average Bonchev–Trinajstić information content (AvgIpc) is 1.56. The molecule has 16 rings (SSSR count). The number of aliphatic hydroxyl groups excluding tert-OH is 2. The molecular weight excluding hydrogens is 1800 g/mol. The Morgan fingerprint density at radius 3 is 1.13 bits per heavy atom. The van der Waals surface area contributed by atoms with Gasteiger partial charge in [0.15, 0.2) is 0 Å². The molecule has 4 aromatic heterocycles. The number of alkyl halides is 15. The molecule has 5 N–H and O–H groups in total. The highest BCUT2D eigenvalue weighted by Crippen LogP contribution is 2.48. The van der Waals surface area contributed by atoms with Gasteiger partial charge in [-0.2, -0.15) is 95.3 Å². The van der Waals surface area contributed by atoms with Gasteiger partial charge in [0.2, 0.25) is 0 Å². The Balaban J connectivity index is 0.000000154. The summed E-state index contributed by atoms with van der Waals surface area (Å²) >= 11 is 3.35. The fraction of sp³-hybridized carbons (Fsp3) is 0.560. The van der Waals surface area contributed by atoms with Crippen molar-refractivity contribution in [1.29, 1.82) is 21.0 Å². The molecular formula is C84H94BrF15N20O7S. The molecule has 0 saturated carbocycles. The van der Waals surface area contributed by atoms with Crippen LogP contribution in [0.5, 0.6) is 0 Å². The van der Waals surface area contributed by atoms with E-state index in [2.05, 4.69) is 93.0 Å². The largest absolute Gasteiger partial charge is 0.523 e. The average molecular weight is 1890 g/mol. The van der Waals surface area contributed by atoms with E-state index >= 15 is 0 Å². The molecule has 2 spiro atoms. The number of aromatic nitrogens is 8. The number of anilines is 3. The van der Waals surface area contributed by atoms with Gasteiger partial charge in [0.25, 0.3) is 0 Å². The van der Waals surface area contributed by atoms with Crippen molar-refractivity contribution in [2.45, 2.75) is 108 Å². The van der Waals surface area contributed by atoms with E-state index in [0.29, 0.717) is 79.6 Å². The molecule has 8 aliphatic rings. The molecule has 4 aromatic carbocycles. The van der Waals surface area contributed by atoms with Crippen LogP contribution in [0, 0.1) is 103 Å². The fourth-order valence-electron chi connectivity index (χ4n) is 17.6. The smallest absolute Gasteiger partial charge is 0.444 e. The van der Waals surface area contributed by atoms with E-state index in [1.54, 1.807) is 52.5 Å². The topological polar surface area (TPSA) is 361 Å². The summed E-state index contributed by atoms with van der Waals surface area (Å²) in [6.07, 6.45) is 3.22. The Bertz CT molecular complexity index is 5450. The monoisotopic (exact) mass is 1890 g/mol. The number of ether oxygens (including phenoxy) is 1. The predicted molar refractivity (Wildman–Crippen MR) is 443 cm³/mol. The molecule has 0 unspecified atom stereocenters. The molecule has 128 heavy (non-hydrogen) atoms. The number of piperidine rings is 4. The number of carbonyl (C=O) groups is 1. The van der Waals surface area contributed by atoms with E-state index in [4.69, 9.17) is 25.6 Å². The van der Waals surface area contributed by atoms with Crippen LogP contribution >= 0.6 is 15.9 Å². The van der Waals surface area contributed by atoms with Crippen molar-refractivity contribution in [2.24, 2.45) is 58.2 Å². The molecule has 8 atom stereocenters. The first kappa shape index (κ1) is 98.6. The zero-order valence-corrected chi connectivity index (χ0v) is 72.1. The highest BCUT2D eigenvalue weighted by molar-refractivity contribution is 9.10. The van der Waals surface area contributed by atoms with E-state index in [9.17, 15) is 89.4 Å². The molecule has 0 bridgehead atoms. The molecule has 8 aliphatic heterocycles. The van der Waals surface area contributed by atoms with Crippen LogP contribution in [0.3, 0.4) is 0 Å². The molecule has 8 fully saturated rings. The SMILES string of the molecule is CC(C)(C)OC(=O)N1CCC2(CCNCC2)CC1.N#Cc1ccc(Br)c2nccnc12.N#Cc1ccc(N2C[C@H](CN3CCC4(CCNCC4)CC3)[C@@H](C(F)(F)F)C2)c2nccnc12.N#Cc1ccc(N2C[C@H](CO)[C@@H](C(F)(F)F)C2)c2nccnc12.N#Cc1ccc(N2C[C@H](COS(=O)(=O)C(F)(F)F)[C@@H](C(F)(F)F)C2)c2nccnc12.OC[C@H]1CNC[C@@H]1C(F)(F)F. The lowest BCUT2D eigenvalue weighted by Crippen LogP contribution is -2.48. The van der Waals surface area contributed by atoms with Crippen LogP contribution in [-0.2, 0) is 19.0 Å². The molecule has 0 radical (unpaired) electrons. The van der Waals surface area contributed by atoms with Gasteiger partial charge in [-0.05, 0) is 187 Å². The van der Waals surface area contributed by atoms with Crippen molar-refractivity contribution in [3.05, 3.63) is 125 Å². The number of benzene rings is 4. The van der Waals surface area contributed by atoms with E-state index in [1.165, 1.54) is 86.0 Å². The van der Waals surface area contributed by atoms with Gasteiger partial charge in [-0.3, -0.25) is 44.1 Å². The highest BCUT2D eigenvalue weighted by Gasteiger charge is 2.55. The maximum absolute atomic E-state index is 14.0. The van der Waals surface area contributed by atoms with Crippen molar-refractivity contribution in [1.82, 2.24) is 65.6 Å². The number of nitrogens with one attached hydrogen (secondary N) is 3. The summed E-state index contributed by atoms with van der Waals surface area (Å²) < 4.78 is 228. The lowest BCUT2D eigenvalue weighted by Gasteiger charge is -2.45. The first-order valence-corrected chi connectivity index (χ1v) is 43.4. The maximum atomic E-state index is 14.0. The number of nitrogens with zero attached hydrogens (tertiary/aromatic N) is 17. The second kappa shape index (κ2) is 41.4. The summed E-state index contributed by atoms with van der Waals surface area (Å²) in [6, 6.07) is 20.7. The predicted octanol–water partition coefficient (Wildman–Crippen LogP) is 13.7. The Morgan fingerprint density at radius 1 is 0.445 bits per heavy atom. The summed E-state index contributed by atoms with van der Waals surface area (Å²) in [5, 5.41) is 63.7. The number of hydrogen-bond acceptors (Lipinski definition) is 26. The number of fused-ring (bicyclic) bond motifs is 4. The minimum atomic E-state index is -6.02. The first-order valence-electron chi connectivity index (χ1n) is 41.2. The quantitative estimate of drug-likeness (QED) is 0.0482. The summed E-state index contributed by atoms with van der Waals surface area (Å²) in [6.45, 7) is 11.1. The van der Waals surface area contributed by atoms with Crippen LogP contribution in [0.25, 0.3) is 44.1 Å². The number of halogens is 16. The highest BCUT2D eigenvalue weighted by atomic mass is 79.9. The molecule has 8 aromatic rings. The van der Waals surface area contributed by atoms with E-state index < -0.39 is 121 Å². The van der Waals surface area contributed by atoms with Crippen molar-refractivity contribution in [3.63, 3.8) is 0 Å². The van der Waals surface area contributed by atoms with Gasteiger partial charge >= 0.3 is 46.4 Å². The van der Waals surface area contributed by atoms with Crippen LogP contribution < -0.4 is 30.7 Å². The number of amides is 1. The number of likely N-dealkylation sites (tertiary alicyclic amines) is 2. The van der Waals surface area contributed by atoms with Gasteiger partial charge in [0.05, 0.1) is 69.6 Å². The third kappa shape index (κ3) is 24.1. The van der Waals surface area contributed by atoms with E-state index in [0.717, 1.165) is 88.0 Å². The number of hydrogen-bond donors (Lipinski definition) is 5. The summed E-state index contributed by atoms with van der Waals surface area (Å²) in [4.78, 5) is 53.8. The van der Waals surface area contributed by atoms with Crippen LogP contribution in [0.15, 0.2) is 103 Å². The van der Waals surface area contributed by atoms with E-state index in [-0.39, 0.29) is 66.7 Å². The van der Waals surface area contributed by atoms with Crippen LogP contribution in [0.4, 0.5) is 87.7 Å². The Morgan fingerprint density at radius 2 is 0.781 bits per heavy atom. The van der Waals surface area contributed by atoms with Crippen molar-refractivity contribution in [3.8, 4) is 24.3 Å². The zero-order chi connectivity index (χ0) is 93.0. The number of nitriles is 4. The minimum Gasteiger partial charge on any atom is -0.444 e. The Labute approximate surface area is 735 Å². The van der Waals surface area contributed by atoms with Gasteiger partial charge < -0.3 is 55.4 Å². The van der Waals surface area contributed by atoms with Crippen LogP contribution in [-0.4, -0.2) is 241 Å². The molecule has 8 saturated heterocycles. The third-order valence-corrected chi connectivity index (χ3v) is 26.3. The summed E-state index contributed by atoms with van der Waals surface area (Å²) in [7, 11) is -6.02. The zero-order valence-electron chi connectivity index (χ0n) is 69.6. The number of rotatable bonds is 10. The van der Waals surface area contributed by atoms with Gasteiger partial charge in [0, 0.05) is 163 Å². The second-order valence-corrected chi connectivity index (χ2v) is 36.2.